The Hall–Kier alpha value is -3.64. The van der Waals surface area contributed by atoms with Crippen molar-refractivity contribution in [2.45, 2.75) is 52.4 Å². The van der Waals surface area contributed by atoms with Crippen LogP contribution in [-0.4, -0.2) is 57.5 Å². The number of ether oxygens (including phenoxy) is 1. The number of thiophene rings is 1. The summed E-state index contributed by atoms with van der Waals surface area (Å²) in [4.78, 5) is 39.9. The molecule has 0 spiro atoms. The molecule has 3 aromatic rings. The quantitative estimate of drug-likeness (QED) is 0.171. The zero-order valence-corrected chi connectivity index (χ0v) is 24.4. The van der Waals surface area contributed by atoms with Crippen molar-refractivity contribution in [1.29, 1.82) is 0 Å². The smallest absolute Gasteiger partial charge is 0.341 e. The SMILES string of the molecule is C=CCn1c(SCC(=O)Nc2sc(C(N)=O)c(C)c2C(=O)OC(C)C)nnc1-c1ccc(N(CC)CC)cc1. The summed E-state index contributed by atoms with van der Waals surface area (Å²) in [5, 5.41) is 12.2. The summed E-state index contributed by atoms with van der Waals surface area (Å²) in [7, 11) is 0. The first kappa shape index (κ1) is 29.9. The van der Waals surface area contributed by atoms with Crippen LogP contribution in [0.1, 0.15) is 53.3 Å². The Morgan fingerprint density at radius 1 is 1.21 bits per heavy atom. The summed E-state index contributed by atoms with van der Waals surface area (Å²) in [6.45, 7) is 15.4. The van der Waals surface area contributed by atoms with Crippen molar-refractivity contribution in [2.75, 3.05) is 29.1 Å². The third-order valence-corrected chi connectivity index (χ3v) is 7.97. The first-order chi connectivity index (χ1) is 18.6. The molecule has 39 heavy (non-hydrogen) atoms. The minimum absolute atomic E-state index is 0.00229. The van der Waals surface area contributed by atoms with Gasteiger partial charge in [0.1, 0.15) is 5.00 Å². The molecular formula is C27H34N6O4S2. The lowest BCUT2D eigenvalue weighted by molar-refractivity contribution is -0.113. The topological polar surface area (TPSA) is 132 Å². The van der Waals surface area contributed by atoms with Gasteiger partial charge in [0, 0.05) is 30.9 Å². The van der Waals surface area contributed by atoms with Gasteiger partial charge in [0.25, 0.3) is 5.91 Å². The number of aromatic nitrogens is 3. The van der Waals surface area contributed by atoms with Gasteiger partial charge in [-0.2, -0.15) is 0 Å². The first-order valence-corrected chi connectivity index (χ1v) is 14.4. The van der Waals surface area contributed by atoms with Crippen LogP contribution in [0.15, 0.2) is 42.1 Å². The number of hydrogen-bond acceptors (Lipinski definition) is 9. The highest BCUT2D eigenvalue weighted by Gasteiger charge is 2.26. The van der Waals surface area contributed by atoms with E-state index in [2.05, 4.69) is 53.0 Å². The van der Waals surface area contributed by atoms with Gasteiger partial charge in [-0.3, -0.25) is 14.2 Å². The van der Waals surface area contributed by atoms with Gasteiger partial charge in [0.2, 0.25) is 5.91 Å². The zero-order valence-electron chi connectivity index (χ0n) is 22.8. The Bertz CT molecular complexity index is 1340. The van der Waals surface area contributed by atoms with E-state index in [9.17, 15) is 14.4 Å². The first-order valence-electron chi connectivity index (χ1n) is 12.6. The van der Waals surface area contributed by atoms with Crippen LogP contribution in [0.3, 0.4) is 0 Å². The second-order valence-electron chi connectivity index (χ2n) is 8.84. The van der Waals surface area contributed by atoms with Gasteiger partial charge >= 0.3 is 5.97 Å². The highest BCUT2D eigenvalue weighted by molar-refractivity contribution is 7.99. The number of thioether (sulfide) groups is 1. The third-order valence-electron chi connectivity index (χ3n) is 5.79. The molecule has 0 bridgehead atoms. The number of nitrogens with one attached hydrogen (secondary N) is 1. The van der Waals surface area contributed by atoms with Crippen LogP contribution in [0, 0.1) is 6.92 Å². The minimum Gasteiger partial charge on any atom is -0.459 e. The summed E-state index contributed by atoms with van der Waals surface area (Å²) < 4.78 is 7.20. The number of rotatable bonds is 13. The number of nitrogens with zero attached hydrogens (tertiary/aromatic N) is 4. The number of nitrogens with two attached hydrogens (primary N) is 1. The van der Waals surface area contributed by atoms with Gasteiger partial charge in [-0.05, 0) is 64.4 Å². The zero-order chi connectivity index (χ0) is 28.7. The normalized spacial score (nSPS) is 10.9. The summed E-state index contributed by atoms with van der Waals surface area (Å²) in [5.41, 5.74) is 8.01. The fraction of sp³-hybridized carbons (Fsp3) is 0.370. The van der Waals surface area contributed by atoms with Crippen molar-refractivity contribution in [3.8, 4) is 11.4 Å². The number of benzene rings is 1. The predicted molar refractivity (Wildman–Crippen MR) is 157 cm³/mol. The van der Waals surface area contributed by atoms with Gasteiger partial charge in [-0.15, -0.1) is 28.1 Å². The standard InChI is InChI=1S/C27H34N6O4S2/c1-7-14-33-24(18-10-12-19(13-11-18)32(8-2)9-3)30-31-27(33)38-15-20(34)29-25-21(26(36)37-16(4)5)17(6)22(39-25)23(28)35/h7,10-13,16H,1,8-9,14-15H2,2-6H3,(H2,28,35)(H,29,34). The van der Waals surface area contributed by atoms with Crippen LogP contribution in [0.5, 0.6) is 0 Å². The van der Waals surface area contributed by atoms with Crippen LogP contribution >= 0.6 is 23.1 Å². The molecule has 1 aromatic carbocycles. The number of carbonyl (C=O) groups is 3. The van der Waals surface area contributed by atoms with Crippen LogP contribution < -0.4 is 16.0 Å². The lowest BCUT2D eigenvalue weighted by Gasteiger charge is -2.21. The predicted octanol–water partition coefficient (Wildman–Crippen LogP) is 4.74. The van der Waals surface area contributed by atoms with Crippen LogP contribution in [0.25, 0.3) is 11.4 Å². The maximum Gasteiger partial charge on any atom is 0.341 e. The monoisotopic (exact) mass is 570 g/mol. The number of primary amides is 1. The third kappa shape index (κ3) is 7.07. The Morgan fingerprint density at radius 3 is 2.44 bits per heavy atom. The van der Waals surface area contributed by atoms with Gasteiger partial charge in [0.05, 0.1) is 22.3 Å². The van der Waals surface area contributed by atoms with Crippen molar-refractivity contribution in [3.63, 3.8) is 0 Å². The number of carbonyl (C=O) groups excluding carboxylic acids is 3. The maximum atomic E-state index is 12.9. The van der Waals surface area contributed by atoms with Gasteiger partial charge in [0.15, 0.2) is 11.0 Å². The summed E-state index contributed by atoms with van der Waals surface area (Å²) in [5.74, 6) is -1.02. The van der Waals surface area contributed by atoms with E-state index in [4.69, 9.17) is 10.5 Å². The summed E-state index contributed by atoms with van der Waals surface area (Å²) >= 11 is 2.16. The van der Waals surface area contributed by atoms with Gasteiger partial charge in [-0.25, -0.2) is 4.79 Å². The molecule has 0 aliphatic rings. The Balaban J connectivity index is 1.79. The van der Waals surface area contributed by atoms with Crippen molar-refractivity contribution < 1.29 is 19.1 Å². The number of esters is 1. The van der Waals surface area contributed by atoms with Gasteiger partial charge in [-0.1, -0.05) is 17.8 Å². The number of amides is 2. The Kier molecular flexibility index (Phi) is 10.3. The van der Waals surface area contributed by atoms with Crippen molar-refractivity contribution in [3.05, 3.63) is 52.9 Å². The van der Waals surface area contributed by atoms with Crippen LogP contribution in [-0.2, 0) is 16.1 Å². The molecule has 0 radical (unpaired) electrons. The van der Waals surface area contributed by atoms with Gasteiger partial charge < -0.3 is 20.7 Å². The molecule has 208 valence electrons. The number of hydrogen-bond donors (Lipinski definition) is 2. The molecule has 0 atom stereocenters. The molecule has 10 nitrogen and oxygen atoms in total. The van der Waals surface area contributed by atoms with Crippen LogP contribution in [0.4, 0.5) is 10.7 Å². The lowest BCUT2D eigenvalue weighted by atomic mass is 10.1. The molecule has 0 saturated carbocycles. The van der Waals surface area contributed by atoms with E-state index in [0.717, 1.165) is 35.7 Å². The molecule has 0 unspecified atom stereocenters. The second-order valence-corrected chi connectivity index (χ2v) is 10.8. The fourth-order valence-electron chi connectivity index (χ4n) is 3.96. The molecule has 3 rings (SSSR count). The molecule has 0 fully saturated rings. The maximum absolute atomic E-state index is 12.9. The molecule has 12 heteroatoms. The van der Waals surface area contributed by atoms with E-state index in [-0.39, 0.29) is 33.2 Å². The van der Waals surface area contributed by atoms with E-state index in [0.29, 0.717) is 23.1 Å². The molecule has 2 heterocycles. The Labute approximate surface area is 236 Å². The van der Waals surface area contributed by atoms with Crippen molar-refractivity contribution >= 4 is 51.6 Å². The van der Waals surface area contributed by atoms with E-state index in [1.165, 1.54) is 11.8 Å². The van der Waals surface area contributed by atoms with Crippen LogP contribution in [0.2, 0.25) is 0 Å². The van der Waals surface area contributed by atoms with E-state index in [1.54, 1.807) is 26.8 Å². The minimum atomic E-state index is -0.679. The lowest BCUT2D eigenvalue weighted by Crippen LogP contribution is -2.21. The molecule has 0 saturated heterocycles. The summed E-state index contributed by atoms with van der Waals surface area (Å²) in [6, 6.07) is 8.12. The number of allylic oxidation sites excluding steroid dienone is 1. The Morgan fingerprint density at radius 2 is 1.87 bits per heavy atom. The average Bonchev–Trinajstić information content (AvgIpc) is 3.44. The molecular weight excluding hydrogens is 536 g/mol. The van der Waals surface area contributed by atoms with E-state index >= 15 is 0 Å². The van der Waals surface area contributed by atoms with Crippen molar-refractivity contribution in [1.82, 2.24) is 14.8 Å². The highest BCUT2D eigenvalue weighted by Crippen LogP contribution is 2.34. The highest BCUT2D eigenvalue weighted by atomic mass is 32.2. The van der Waals surface area contributed by atoms with E-state index < -0.39 is 11.9 Å². The second kappa shape index (κ2) is 13.4. The molecule has 2 amide bonds. The average molecular weight is 571 g/mol. The molecule has 2 aromatic heterocycles. The van der Waals surface area contributed by atoms with E-state index in [1.807, 2.05) is 16.7 Å². The molecule has 0 aliphatic heterocycles. The molecule has 0 aliphatic carbocycles. The summed E-state index contributed by atoms with van der Waals surface area (Å²) in [6.07, 6.45) is 1.37. The molecule has 3 N–H and O–H groups in total. The number of anilines is 2. The fourth-order valence-corrected chi connectivity index (χ4v) is 5.77. The largest absolute Gasteiger partial charge is 0.459 e. The van der Waals surface area contributed by atoms with Crippen molar-refractivity contribution in [2.24, 2.45) is 5.73 Å².